The van der Waals surface area contributed by atoms with Gasteiger partial charge in [-0.05, 0) is 11.6 Å². The zero-order valence-electron chi connectivity index (χ0n) is 14.3. The first-order valence-electron chi connectivity index (χ1n) is 8.39. The van der Waals surface area contributed by atoms with Crippen LogP contribution in [0.2, 0.25) is 0 Å². The van der Waals surface area contributed by atoms with E-state index in [-0.39, 0.29) is 18.1 Å². The Morgan fingerprint density at radius 1 is 1.28 bits per heavy atom. The molecule has 2 unspecified atom stereocenters. The van der Waals surface area contributed by atoms with Crippen molar-refractivity contribution in [2.45, 2.75) is 19.0 Å². The Kier molecular flexibility index (Phi) is 4.04. The van der Waals surface area contributed by atoms with Crippen molar-refractivity contribution >= 4 is 23.8 Å². The summed E-state index contributed by atoms with van der Waals surface area (Å²) in [5.41, 5.74) is 1.96. The number of hydrogen-bond donors (Lipinski definition) is 2. The summed E-state index contributed by atoms with van der Waals surface area (Å²) in [6.45, 7) is 5.09. The second-order valence-corrected chi connectivity index (χ2v) is 6.24. The molecule has 0 radical (unpaired) electrons. The molecule has 132 valence electrons. The van der Waals surface area contributed by atoms with Gasteiger partial charge in [-0.3, -0.25) is 4.79 Å². The Morgan fingerprint density at radius 2 is 2.08 bits per heavy atom. The van der Waals surface area contributed by atoms with Gasteiger partial charge in [0.25, 0.3) is 0 Å². The lowest BCUT2D eigenvalue weighted by molar-refractivity contribution is -0.132. The molecule has 0 spiro atoms. The first-order valence-corrected chi connectivity index (χ1v) is 8.39. The van der Waals surface area contributed by atoms with E-state index in [9.17, 15) is 4.79 Å². The zero-order chi connectivity index (χ0) is 17.4. The third-order valence-electron chi connectivity index (χ3n) is 4.68. The van der Waals surface area contributed by atoms with E-state index in [1.165, 1.54) is 6.92 Å². The molecular weight excluding hydrogens is 322 g/mol. The molecule has 1 aromatic rings. The number of hydrogen-bond acceptors (Lipinski definition) is 8. The van der Waals surface area contributed by atoms with Gasteiger partial charge >= 0.3 is 5.97 Å². The highest BCUT2D eigenvalue weighted by atomic mass is 16.6. The number of nitrogens with zero attached hydrogens (tertiary/aromatic N) is 3. The number of nitrogens with one attached hydrogen (secondary N) is 2. The lowest BCUT2D eigenvalue weighted by Crippen LogP contribution is -2.50. The number of fused-ring (bicyclic) bond motifs is 3. The van der Waals surface area contributed by atoms with E-state index < -0.39 is 0 Å². The molecule has 3 aliphatic heterocycles. The van der Waals surface area contributed by atoms with Crippen molar-refractivity contribution in [3.05, 3.63) is 17.7 Å². The third-order valence-corrected chi connectivity index (χ3v) is 4.68. The molecule has 3 aliphatic rings. The molecule has 0 saturated carbocycles. The second-order valence-electron chi connectivity index (χ2n) is 6.24. The van der Waals surface area contributed by atoms with Gasteiger partial charge in [-0.15, -0.1) is 0 Å². The number of esters is 1. The average Bonchev–Trinajstić information content (AvgIpc) is 2.99. The van der Waals surface area contributed by atoms with Crippen LogP contribution in [0.5, 0.6) is 11.5 Å². The maximum Gasteiger partial charge on any atom is 0.308 e. The minimum Gasteiger partial charge on any atom is -0.493 e. The summed E-state index contributed by atoms with van der Waals surface area (Å²) in [6.07, 6.45) is 1.52. The number of anilines is 1. The van der Waals surface area contributed by atoms with Gasteiger partial charge in [-0.2, -0.15) is 0 Å². The summed E-state index contributed by atoms with van der Waals surface area (Å²) < 4.78 is 10.7. The molecule has 1 saturated heterocycles. The first kappa shape index (κ1) is 15.9. The molecular formula is C17H21N5O3. The predicted molar refractivity (Wildman–Crippen MR) is 94.8 cm³/mol. The number of amidine groups is 1. The molecule has 0 aliphatic carbocycles. The maximum absolute atomic E-state index is 11.4. The first-order chi connectivity index (χ1) is 12.2. The van der Waals surface area contributed by atoms with Crippen LogP contribution in [0, 0.1) is 0 Å². The average molecular weight is 343 g/mol. The number of carbonyl (C=O) groups excluding carboxylic acids is 1. The molecule has 4 rings (SSSR count). The van der Waals surface area contributed by atoms with Crippen molar-refractivity contribution in [3.8, 4) is 11.5 Å². The Balaban J connectivity index is 1.73. The van der Waals surface area contributed by atoms with E-state index in [1.54, 1.807) is 13.4 Å². The molecule has 3 heterocycles. The van der Waals surface area contributed by atoms with Crippen molar-refractivity contribution in [3.63, 3.8) is 0 Å². The van der Waals surface area contributed by atoms with Crippen LogP contribution in [-0.2, 0) is 4.79 Å². The van der Waals surface area contributed by atoms with Crippen molar-refractivity contribution in [2.24, 2.45) is 9.98 Å². The van der Waals surface area contributed by atoms with Gasteiger partial charge < -0.3 is 25.0 Å². The predicted octanol–water partition coefficient (Wildman–Crippen LogP) is 0.801. The summed E-state index contributed by atoms with van der Waals surface area (Å²) in [5.74, 6) is 1.57. The minimum absolute atomic E-state index is 0.00156. The Labute approximate surface area is 145 Å². The SMILES string of the molecule is COc1cc2c(cc1OC(C)=O)C1C(N3CCNCC3)=NC=NC1N2. The summed E-state index contributed by atoms with van der Waals surface area (Å²) in [6, 6.07) is 3.72. The van der Waals surface area contributed by atoms with Gasteiger partial charge in [0.05, 0.1) is 13.0 Å². The van der Waals surface area contributed by atoms with Gasteiger partial charge in [-0.25, -0.2) is 9.98 Å². The summed E-state index contributed by atoms with van der Waals surface area (Å²) in [4.78, 5) is 22.8. The van der Waals surface area contributed by atoms with E-state index in [0.717, 1.165) is 43.3 Å². The monoisotopic (exact) mass is 343 g/mol. The van der Waals surface area contributed by atoms with Crippen molar-refractivity contribution in [1.82, 2.24) is 10.2 Å². The molecule has 0 bridgehead atoms. The van der Waals surface area contributed by atoms with Crippen molar-refractivity contribution < 1.29 is 14.3 Å². The number of ether oxygens (including phenoxy) is 2. The topological polar surface area (TPSA) is 87.6 Å². The molecule has 2 N–H and O–H groups in total. The molecule has 0 aromatic heterocycles. The quantitative estimate of drug-likeness (QED) is 0.610. The number of piperazine rings is 1. The lowest BCUT2D eigenvalue weighted by Gasteiger charge is -2.35. The maximum atomic E-state index is 11.4. The Hall–Kier alpha value is -2.61. The number of methoxy groups -OCH3 is 1. The fraction of sp³-hybridized carbons (Fsp3) is 0.471. The summed E-state index contributed by atoms with van der Waals surface area (Å²) in [5, 5.41) is 6.78. The molecule has 8 nitrogen and oxygen atoms in total. The van der Waals surface area contributed by atoms with Gasteiger partial charge in [0.2, 0.25) is 0 Å². The number of benzene rings is 1. The molecule has 1 fully saturated rings. The number of aliphatic imine (C=N–C) groups is 2. The van der Waals surface area contributed by atoms with Crippen LogP contribution in [0.4, 0.5) is 5.69 Å². The fourth-order valence-corrected chi connectivity index (χ4v) is 3.59. The number of rotatable bonds is 2. The summed E-state index contributed by atoms with van der Waals surface area (Å²) in [7, 11) is 1.56. The smallest absolute Gasteiger partial charge is 0.308 e. The largest absolute Gasteiger partial charge is 0.493 e. The molecule has 8 heteroatoms. The third kappa shape index (κ3) is 2.82. The molecule has 0 amide bonds. The van der Waals surface area contributed by atoms with Crippen LogP contribution in [0.1, 0.15) is 18.4 Å². The van der Waals surface area contributed by atoms with E-state index in [1.807, 2.05) is 12.1 Å². The van der Waals surface area contributed by atoms with Gasteiger partial charge in [0.15, 0.2) is 11.5 Å². The highest BCUT2D eigenvalue weighted by molar-refractivity contribution is 5.99. The van der Waals surface area contributed by atoms with Gasteiger partial charge in [0.1, 0.15) is 18.3 Å². The zero-order valence-corrected chi connectivity index (χ0v) is 14.3. The van der Waals surface area contributed by atoms with Crippen LogP contribution < -0.4 is 20.1 Å². The van der Waals surface area contributed by atoms with Crippen LogP contribution in [0.15, 0.2) is 22.1 Å². The summed E-state index contributed by atoms with van der Waals surface area (Å²) >= 11 is 0. The molecule has 25 heavy (non-hydrogen) atoms. The Bertz CT molecular complexity index is 755. The molecule has 2 atom stereocenters. The normalized spacial score (nSPS) is 24.1. The molecule has 1 aromatic carbocycles. The Morgan fingerprint density at radius 3 is 2.80 bits per heavy atom. The van der Waals surface area contributed by atoms with Crippen molar-refractivity contribution in [2.75, 3.05) is 38.6 Å². The van der Waals surface area contributed by atoms with Crippen LogP contribution in [0.25, 0.3) is 0 Å². The van der Waals surface area contributed by atoms with E-state index in [4.69, 9.17) is 9.47 Å². The van der Waals surface area contributed by atoms with Crippen LogP contribution >= 0.6 is 0 Å². The highest BCUT2D eigenvalue weighted by Gasteiger charge is 2.40. The minimum atomic E-state index is -0.376. The standard InChI is InChI=1S/C17H21N5O3/c1-10(23)25-14-7-11-12(8-13(14)24-2)21-16-15(11)17(20-9-19-16)22-5-3-18-4-6-22/h7-9,15-16,18,21H,3-6H2,1-2H3. The second kappa shape index (κ2) is 6.36. The van der Waals surface area contributed by atoms with E-state index in [0.29, 0.717) is 11.5 Å². The van der Waals surface area contributed by atoms with E-state index in [2.05, 4.69) is 25.5 Å². The number of carbonyl (C=O) groups is 1. The van der Waals surface area contributed by atoms with Gasteiger partial charge in [-0.1, -0.05) is 0 Å². The van der Waals surface area contributed by atoms with E-state index >= 15 is 0 Å². The van der Waals surface area contributed by atoms with Crippen molar-refractivity contribution in [1.29, 1.82) is 0 Å². The fourth-order valence-electron chi connectivity index (χ4n) is 3.59. The lowest BCUT2D eigenvalue weighted by atomic mass is 9.95. The highest BCUT2D eigenvalue weighted by Crippen LogP contribution is 2.45. The van der Waals surface area contributed by atoms with Crippen LogP contribution in [0.3, 0.4) is 0 Å². The van der Waals surface area contributed by atoms with Gasteiger partial charge in [0, 0.05) is 44.9 Å². The van der Waals surface area contributed by atoms with Crippen LogP contribution in [-0.4, -0.2) is 62.5 Å².